The third kappa shape index (κ3) is 4.21. The lowest BCUT2D eigenvalue weighted by atomic mass is 9.47. The zero-order valence-electron chi connectivity index (χ0n) is 33.6. The first-order chi connectivity index (χ1) is 21.7. The quantitative estimate of drug-likeness (QED) is 0.477. The molecule has 0 unspecified atom stereocenters. The number of benzene rings is 4. The second kappa shape index (κ2) is 8.57. The fourth-order valence-corrected chi connectivity index (χ4v) is 2.26. The summed E-state index contributed by atoms with van der Waals surface area (Å²) in [5.41, 5.74) is -3.22. The summed E-state index contributed by atoms with van der Waals surface area (Å²) in [5, 5.41) is 0. The summed E-state index contributed by atoms with van der Waals surface area (Å²) in [4.78, 5) is 0. The Balaban J connectivity index is 2.28. The Hall–Kier alpha value is -3.03. The molecule has 0 amide bonds. The predicted molar refractivity (Wildman–Crippen MR) is 117 cm³/mol. The minimum absolute atomic E-state index is 0.806. The number of hydrogen-bond acceptors (Lipinski definition) is 1. The van der Waals surface area contributed by atoms with Crippen molar-refractivity contribution in [2.75, 3.05) is 0 Å². The first kappa shape index (κ1) is 5.73. The maximum Gasteiger partial charge on any atom is 0.346 e. The molecule has 0 aliphatic heterocycles. The van der Waals surface area contributed by atoms with E-state index in [2.05, 4.69) is 0 Å². The smallest absolute Gasteiger partial charge is 0.346 e. The third-order valence-corrected chi connectivity index (χ3v) is 3.40. The molecule has 0 saturated heterocycles. The Kier molecular flexibility index (Phi) is 1.82. The summed E-state index contributed by atoms with van der Waals surface area (Å²) in [6.45, 7) is -4.61. The monoisotopic (exact) mass is 366 g/mol. The van der Waals surface area contributed by atoms with E-state index in [9.17, 15) is 0 Å². The van der Waals surface area contributed by atoms with Crippen molar-refractivity contribution in [2.45, 2.75) is 0 Å². The maximum atomic E-state index is 8.60. The van der Waals surface area contributed by atoms with E-state index >= 15 is 0 Å². The molecule has 128 valence electrons. The SMILES string of the molecule is [2H]c1c([2H])c([2H])c(B(OB(c2c([2H])c([2H])c([2H])c([2H])c2[2H])c2c([2H])c([2H])c([2H])c([2H])c2[2H])c2c([2H])c([2H])c([2H])c([2H])c2[2H])c([2H])c1[2H]. The van der Waals surface area contributed by atoms with E-state index in [0.717, 1.165) is 0 Å². The van der Waals surface area contributed by atoms with Crippen LogP contribution in [0.2, 0.25) is 0 Å². The van der Waals surface area contributed by atoms with E-state index in [0.29, 0.717) is 0 Å². The van der Waals surface area contributed by atoms with Crippen molar-refractivity contribution in [1.29, 1.82) is 0 Å². The van der Waals surface area contributed by atoms with E-state index in [1.54, 1.807) is 0 Å². The summed E-state index contributed by atoms with van der Waals surface area (Å²) >= 11 is 0. The molecule has 0 spiro atoms. The molecular weight excluding hydrogens is 326 g/mol. The standard InChI is InChI=1S/C24H20B2O/c1-5-13-21(14-6-1)25(22-15-7-2-8-16-22)27-26(23-17-9-3-10-18-23)24-19-11-4-12-20-24/h1-20H/i1D,2D,3D,4D,5D,6D,7D,8D,9D,10D,11D,12D,13D,14D,15D,16D,17D,18D,19D,20D. The van der Waals surface area contributed by atoms with Crippen LogP contribution in [0.25, 0.3) is 0 Å². The van der Waals surface area contributed by atoms with Crippen LogP contribution >= 0.6 is 0 Å². The summed E-state index contributed by atoms with van der Waals surface area (Å²) in [6, 6.07) is -18.6. The third-order valence-electron chi connectivity index (χ3n) is 3.40. The van der Waals surface area contributed by atoms with Crippen LogP contribution in [0.1, 0.15) is 27.4 Å². The van der Waals surface area contributed by atoms with Crippen molar-refractivity contribution >= 4 is 35.7 Å². The lowest BCUT2D eigenvalue weighted by Crippen LogP contribution is -2.55. The zero-order chi connectivity index (χ0) is 35.7. The topological polar surface area (TPSA) is 9.23 Å². The highest BCUT2D eigenvalue weighted by molar-refractivity contribution is 6.91. The Bertz CT molecular complexity index is 1600. The van der Waals surface area contributed by atoms with Crippen molar-refractivity contribution in [1.82, 2.24) is 0 Å². The van der Waals surface area contributed by atoms with Gasteiger partial charge in [0.15, 0.2) is 0 Å². The Labute approximate surface area is 190 Å². The van der Waals surface area contributed by atoms with Crippen LogP contribution in [0.4, 0.5) is 0 Å². The molecule has 0 atom stereocenters. The van der Waals surface area contributed by atoms with Gasteiger partial charge >= 0.3 is 13.8 Å². The van der Waals surface area contributed by atoms with Crippen LogP contribution in [0, 0.1) is 0 Å². The fraction of sp³-hybridized carbons (Fsp3) is 0. The zero-order valence-corrected chi connectivity index (χ0v) is 13.6. The molecule has 4 aromatic rings. The summed E-state index contributed by atoms with van der Waals surface area (Å²) in [7, 11) is 0. The second-order valence-corrected chi connectivity index (χ2v) is 5.05. The predicted octanol–water partition coefficient (Wildman–Crippen LogP) is 2.61. The first-order valence-corrected chi connectivity index (χ1v) is 7.63. The molecule has 0 saturated carbocycles. The maximum absolute atomic E-state index is 8.60. The van der Waals surface area contributed by atoms with Gasteiger partial charge in [0, 0.05) is 0 Å². The van der Waals surface area contributed by atoms with E-state index in [1.165, 1.54) is 0 Å². The lowest BCUT2D eigenvalue weighted by Gasteiger charge is -2.22. The average Bonchev–Trinajstić information content (AvgIpc) is 3.04. The molecule has 0 fully saturated rings. The highest BCUT2D eigenvalue weighted by Crippen LogP contribution is 2.00. The summed E-state index contributed by atoms with van der Waals surface area (Å²) in [6.07, 6.45) is 0. The molecule has 0 radical (unpaired) electrons. The number of rotatable bonds is 6. The van der Waals surface area contributed by atoms with Gasteiger partial charge in [0.1, 0.15) is 0 Å². The molecule has 0 aliphatic rings. The van der Waals surface area contributed by atoms with Crippen LogP contribution < -0.4 is 21.9 Å². The van der Waals surface area contributed by atoms with Gasteiger partial charge in [0.25, 0.3) is 0 Å². The minimum Gasteiger partial charge on any atom is -0.484 e. The Morgan fingerprint density at radius 2 is 0.630 bits per heavy atom. The van der Waals surface area contributed by atoms with Crippen LogP contribution in [0.3, 0.4) is 0 Å². The Morgan fingerprint density at radius 1 is 0.407 bits per heavy atom. The lowest BCUT2D eigenvalue weighted by molar-refractivity contribution is 0.633. The van der Waals surface area contributed by atoms with Gasteiger partial charge in [-0.25, -0.2) is 0 Å². The molecule has 3 heteroatoms. The van der Waals surface area contributed by atoms with Gasteiger partial charge in [-0.1, -0.05) is 121 Å². The van der Waals surface area contributed by atoms with Crippen molar-refractivity contribution < 1.29 is 32.0 Å². The molecule has 0 bridgehead atoms. The second-order valence-electron chi connectivity index (χ2n) is 5.05. The normalized spacial score (nSPS) is 20.7. The molecule has 27 heavy (non-hydrogen) atoms. The first-order valence-electron chi connectivity index (χ1n) is 17.6. The van der Waals surface area contributed by atoms with Crippen LogP contribution in [-0.4, -0.2) is 13.8 Å². The van der Waals surface area contributed by atoms with Gasteiger partial charge < -0.3 is 4.57 Å². The molecule has 1 nitrogen and oxygen atoms in total. The van der Waals surface area contributed by atoms with Gasteiger partial charge in [-0.15, -0.1) is 0 Å². The highest BCUT2D eigenvalue weighted by atomic mass is 16.4. The molecular formula is C24H20B2O. The average molecular weight is 366 g/mol. The van der Waals surface area contributed by atoms with Gasteiger partial charge in [-0.2, -0.15) is 0 Å². The van der Waals surface area contributed by atoms with E-state index in [4.69, 9.17) is 32.0 Å². The molecule has 4 rings (SSSR count). The molecule has 0 heterocycles. The van der Waals surface area contributed by atoms with Gasteiger partial charge in [0.05, 0.1) is 27.4 Å². The van der Waals surface area contributed by atoms with Gasteiger partial charge in [0.2, 0.25) is 0 Å². The molecule has 0 N–H and O–H groups in total. The number of hydrogen-bond donors (Lipinski definition) is 0. The van der Waals surface area contributed by atoms with Crippen LogP contribution in [0.5, 0.6) is 0 Å². The van der Waals surface area contributed by atoms with Crippen molar-refractivity contribution in [2.24, 2.45) is 0 Å². The van der Waals surface area contributed by atoms with E-state index in [1.807, 2.05) is 0 Å². The van der Waals surface area contributed by atoms with E-state index in [-0.39, 0.29) is 0 Å². The highest BCUT2D eigenvalue weighted by Gasteiger charge is 2.29. The van der Waals surface area contributed by atoms with Gasteiger partial charge in [-0.3, -0.25) is 0 Å². The fourth-order valence-electron chi connectivity index (χ4n) is 2.26. The van der Waals surface area contributed by atoms with Crippen molar-refractivity contribution in [3.63, 3.8) is 0 Å². The summed E-state index contributed by atoms with van der Waals surface area (Å²) in [5.74, 6) is 0. The minimum atomic E-state index is -2.31. The molecule has 0 aliphatic carbocycles. The van der Waals surface area contributed by atoms with Gasteiger partial charge in [-0.05, 0) is 21.9 Å². The molecule has 0 aromatic heterocycles. The van der Waals surface area contributed by atoms with Crippen LogP contribution in [-0.2, 0) is 4.57 Å². The molecule has 4 aromatic carbocycles. The van der Waals surface area contributed by atoms with Crippen molar-refractivity contribution in [3.8, 4) is 0 Å². The van der Waals surface area contributed by atoms with Crippen molar-refractivity contribution in [3.05, 3.63) is 121 Å². The van der Waals surface area contributed by atoms with Crippen LogP contribution in [0.15, 0.2) is 121 Å². The largest absolute Gasteiger partial charge is 0.484 e. The Morgan fingerprint density at radius 3 is 0.852 bits per heavy atom. The summed E-state index contributed by atoms with van der Waals surface area (Å²) < 4.78 is 173. The van der Waals surface area contributed by atoms with E-state index < -0.39 is 157 Å².